The van der Waals surface area contributed by atoms with Crippen LogP contribution in [-0.2, 0) is 0 Å². The Morgan fingerprint density at radius 1 is 1.11 bits per heavy atom. The largest absolute Gasteiger partial charge is 0.493 e. The molecule has 0 N–H and O–H groups in total. The Bertz CT molecular complexity index is 784. The SMILES string of the molecule is COc1cc2nc(Cl)c3nnc(C)n3c2cc1OC. The second kappa shape index (κ2) is 4.24. The Balaban J connectivity index is 2.50. The number of fused-ring (bicyclic) bond motifs is 3. The first-order valence-corrected chi connectivity index (χ1v) is 5.96. The van der Waals surface area contributed by atoms with Crippen LogP contribution in [0.1, 0.15) is 5.82 Å². The molecule has 7 heteroatoms. The van der Waals surface area contributed by atoms with Crippen molar-refractivity contribution >= 4 is 28.3 Å². The highest BCUT2D eigenvalue weighted by molar-refractivity contribution is 6.32. The standard InChI is InChI=1S/C12H11ClN4O2/c1-6-15-16-12-11(13)14-7-4-9(18-2)10(19-3)5-8(7)17(6)12/h4-5H,1-3H3. The van der Waals surface area contributed by atoms with Gasteiger partial charge in [0, 0.05) is 12.1 Å². The molecule has 0 unspecified atom stereocenters. The van der Waals surface area contributed by atoms with Crippen LogP contribution in [0.2, 0.25) is 5.15 Å². The number of nitrogens with zero attached hydrogens (tertiary/aromatic N) is 4. The number of hydrogen-bond donors (Lipinski definition) is 0. The molecule has 0 amide bonds. The minimum absolute atomic E-state index is 0.306. The highest BCUT2D eigenvalue weighted by Crippen LogP contribution is 2.33. The van der Waals surface area contributed by atoms with E-state index in [1.165, 1.54) is 0 Å². The lowest BCUT2D eigenvalue weighted by atomic mass is 10.2. The van der Waals surface area contributed by atoms with E-state index in [9.17, 15) is 0 Å². The topological polar surface area (TPSA) is 61.5 Å². The van der Waals surface area contributed by atoms with E-state index in [0.29, 0.717) is 27.8 Å². The monoisotopic (exact) mass is 278 g/mol. The fourth-order valence-corrected chi connectivity index (χ4v) is 2.28. The van der Waals surface area contributed by atoms with Gasteiger partial charge in [-0.05, 0) is 6.92 Å². The van der Waals surface area contributed by atoms with Crippen LogP contribution in [0.3, 0.4) is 0 Å². The van der Waals surface area contributed by atoms with Crippen molar-refractivity contribution in [3.8, 4) is 11.5 Å². The van der Waals surface area contributed by atoms with Crippen LogP contribution >= 0.6 is 11.6 Å². The van der Waals surface area contributed by atoms with E-state index < -0.39 is 0 Å². The molecule has 0 bridgehead atoms. The molecule has 0 atom stereocenters. The number of benzene rings is 1. The molecule has 0 aliphatic rings. The number of rotatable bonds is 2. The summed E-state index contributed by atoms with van der Waals surface area (Å²) in [6, 6.07) is 3.61. The van der Waals surface area contributed by atoms with E-state index in [4.69, 9.17) is 21.1 Å². The average molecular weight is 279 g/mol. The van der Waals surface area contributed by atoms with E-state index in [1.807, 2.05) is 17.4 Å². The van der Waals surface area contributed by atoms with Gasteiger partial charge in [-0.15, -0.1) is 10.2 Å². The van der Waals surface area contributed by atoms with Crippen molar-refractivity contribution in [2.75, 3.05) is 14.2 Å². The van der Waals surface area contributed by atoms with Crippen molar-refractivity contribution in [2.45, 2.75) is 6.92 Å². The fourth-order valence-electron chi connectivity index (χ4n) is 2.07. The Labute approximate surface area is 113 Å². The van der Waals surface area contributed by atoms with Gasteiger partial charge in [0.1, 0.15) is 5.82 Å². The summed E-state index contributed by atoms with van der Waals surface area (Å²) in [5.74, 6) is 1.95. The molecule has 0 aliphatic heterocycles. The third-order valence-corrected chi connectivity index (χ3v) is 3.20. The summed E-state index contributed by atoms with van der Waals surface area (Å²) in [4.78, 5) is 4.31. The predicted octanol–water partition coefficient (Wildman–Crippen LogP) is 2.26. The predicted molar refractivity (Wildman–Crippen MR) is 71.1 cm³/mol. The molecule has 0 saturated carbocycles. The Morgan fingerprint density at radius 3 is 2.47 bits per heavy atom. The minimum Gasteiger partial charge on any atom is -0.493 e. The van der Waals surface area contributed by atoms with E-state index in [1.54, 1.807) is 20.3 Å². The first kappa shape index (κ1) is 12.0. The second-order valence-electron chi connectivity index (χ2n) is 4.00. The lowest BCUT2D eigenvalue weighted by molar-refractivity contribution is 0.355. The van der Waals surface area contributed by atoms with Crippen LogP contribution in [0.4, 0.5) is 0 Å². The van der Waals surface area contributed by atoms with Gasteiger partial charge >= 0.3 is 0 Å². The molecular weight excluding hydrogens is 268 g/mol. The summed E-state index contributed by atoms with van der Waals surface area (Å²) in [5.41, 5.74) is 2.04. The molecule has 98 valence electrons. The maximum absolute atomic E-state index is 6.11. The average Bonchev–Trinajstić information content (AvgIpc) is 2.80. The number of halogens is 1. The molecule has 1 aromatic carbocycles. The molecule has 3 rings (SSSR count). The highest BCUT2D eigenvalue weighted by atomic mass is 35.5. The second-order valence-corrected chi connectivity index (χ2v) is 4.36. The normalized spacial score (nSPS) is 11.2. The molecule has 0 aliphatic carbocycles. The van der Waals surface area contributed by atoms with Crippen LogP contribution in [0.15, 0.2) is 12.1 Å². The number of aryl methyl sites for hydroxylation is 1. The molecule has 0 radical (unpaired) electrons. The molecule has 3 aromatic rings. The zero-order chi connectivity index (χ0) is 13.6. The number of ether oxygens (including phenoxy) is 2. The van der Waals surface area contributed by atoms with Gasteiger partial charge in [0.25, 0.3) is 0 Å². The smallest absolute Gasteiger partial charge is 0.199 e. The van der Waals surface area contributed by atoms with Crippen LogP contribution in [0.25, 0.3) is 16.7 Å². The number of methoxy groups -OCH3 is 2. The molecule has 0 fully saturated rings. The first-order valence-electron chi connectivity index (χ1n) is 5.58. The molecule has 2 aromatic heterocycles. The highest BCUT2D eigenvalue weighted by Gasteiger charge is 2.14. The Morgan fingerprint density at radius 2 is 1.79 bits per heavy atom. The lowest BCUT2D eigenvalue weighted by Crippen LogP contribution is -1.98. The maximum Gasteiger partial charge on any atom is 0.199 e. The van der Waals surface area contributed by atoms with Crippen molar-refractivity contribution in [1.82, 2.24) is 19.6 Å². The van der Waals surface area contributed by atoms with Crippen molar-refractivity contribution in [3.63, 3.8) is 0 Å². The summed E-state index contributed by atoms with van der Waals surface area (Å²) in [6.07, 6.45) is 0. The lowest BCUT2D eigenvalue weighted by Gasteiger charge is -2.10. The summed E-state index contributed by atoms with van der Waals surface area (Å²) < 4.78 is 12.4. The molecule has 0 spiro atoms. The number of hydrogen-bond acceptors (Lipinski definition) is 5. The quantitative estimate of drug-likeness (QED) is 0.719. The first-order chi connectivity index (χ1) is 9.15. The van der Waals surface area contributed by atoms with Gasteiger partial charge in [-0.3, -0.25) is 4.40 Å². The van der Waals surface area contributed by atoms with Gasteiger partial charge in [0.05, 0.1) is 25.3 Å². The van der Waals surface area contributed by atoms with Gasteiger partial charge in [-0.25, -0.2) is 4.98 Å². The van der Waals surface area contributed by atoms with E-state index in [0.717, 1.165) is 11.3 Å². The zero-order valence-corrected chi connectivity index (χ0v) is 11.4. The molecule has 2 heterocycles. The van der Waals surface area contributed by atoms with Gasteiger partial charge in [-0.1, -0.05) is 11.6 Å². The van der Waals surface area contributed by atoms with Crippen molar-refractivity contribution in [3.05, 3.63) is 23.1 Å². The summed E-state index contributed by atoms with van der Waals surface area (Å²) in [7, 11) is 3.16. The van der Waals surface area contributed by atoms with Gasteiger partial charge in [0.2, 0.25) is 0 Å². The summed E-state index contributed by atoms with van der Waals surface area (Å²) in [6.45, 7) is 1.85. The van der Waals surface area contributed by atoms with Crippen LogP contribution < -0.4 is 9.47 Å². The van der Waals surface area contributed by atoms with Crippen LogP contribution in [-0.4, -0.2) is 33.8 Å². The third-order valence-electron chi connectivity index (χ3n) is 2.95. The maximum atomic E-state index is 6.11. The van der Waals surface area contributed by atoms with Crippen molar-refractivity contribution < 1.29 is 9.47 Å². The minimum atomic E-state index is 0.306. The van der Waals surface area contributed by atoms with Crippen molar-refractivity contribution in [1.29, 1.82) is 0 Å². The molecule has 19 heavy (non-hydrogen) atoms. The molecular formula is C12H11ClN4O2. The van der Waals surface area contributed by atoms with Gasteiger partial charge < -0.3 is 9.47 Å². The number of aromatic nitrogens is 4. The van der Waals surface area contributed by atoms with Gasteiger partial charge in [0.15, 0.2) is 22.3 Å². The zero-order valence-electron chi connectivity index (χ0n) is 10.6. The molecule has 6 nitrogen and oxygen atoms in total. The Hall–Kier alpha value is -2.08. The third kappa shape index (κ3) is 1.67. The summed E-state index contributed by atoms with van der Waals surface area (Å²) in [5, 5.41) is 8.34. The Kier molecular flexibility index (Phi) is 2.67. The summed E-state index contributed by atoms with van der Waals surface area (Å²) >= 11 is 6.11. The fraction of sp³-hybridized carbons (Fsp3) is 0.250. The van der Waals surface area contributed by atoms with E-state index >= 15 is 0 Å². The van der Waals surface area contributed by atoms with E-state index in [2.05, 4.69) is 15.2 Å². The molecule has 0 saturated heterocycles. The van der Waals surface area contributed by atoms with E-state index in [-0.39, 0.29) is 0 Å². The van der Waals surface area contributed by atoms with Crippen molar-refractivity contribution in [2.24, 2.45) is 0 Å². The van der Waals surface area contributed by atoms with Crippen LogP contribution in [0, 0.1) is 6.92 Å². The van der Waals surface area contributed by atoms with Crippen LogP contribution in [0.5, 0.6) is 11.5 Å². The van der Waals surface area contributed by atoms with Gasteiger partial charge in [-0.2, -0.15) is 0 Å².